The van der Waals surface area contributed by atoms with Gasteiger partial charge in [-0.1, -0.05) is 29.8 Å². The lowest BCUT2D eigenvalue weighted by Crippen LogP contribution is -2.46. The van der Waals surface area contributed by atoms with Crippen molar-refractivity contribution in [2.45, 2.75) is 77.0 Å². The van der Waals surface area contributed by atoms with E-state index in [0.717, 1.165) is 75.9 Å². The second-order valence-corrected chi connectivity index (χ2v) is 13.4. The monoisotopic (exact) mass is 688 g/mol. The van der Waals surface area contributed by atoms with Gasteiger partial charge >= 0.3 is 12.5 Å². The zero-order valence-electron chi connectivity index (χ0n) is 27.1. The minimum atomic E-state index is -4.84. The predicted octanol–water partition coefficient (Wildman–Crippen LogP) is 6.58. The molecule has 0 bridgehead atoms. The van der Waals surface area contributed by atoms with Crippen LogP contribution in [0.3, 0.4) is 0 Å². The van der Waals surface area contributed by atoms with E-state index in [2.05, 4.69) is 36.2 Å². The van der Waals surface area contributed by atoms with E-state index in [1.54, 1.807) is 18.2 Å². The summed E-state index contributed by atoms with van der Waals surface area (Å²) >= 11 is 6.58. The molecule has 2 aromatic heterocycles. The van der Waals surface area contributed by atoms with Crippen LogP contribution >= 0.6 is 11.6 Å². The fourth-order valence-corrected chi connectivity index (χ4v) is 6.15. The fraction of sp³-hybridized carbons (Fsp3) is 0.471. The van der Waals surface area contributed by atoms with E-state index in [1.165, 1.54) is 12.3 Å². The summed E-state index contributed by atoms with van der Waals surface area (Å²) in [5.41, 5.74) is 1.80. The van der Waals surface area contributed by atoms with E-state index in [1.807, 2.05) is 33.0 Å². The summed E-state index contributed by atoms with van der Waals surface area (Å²) < 4.78 is 46.6. The maximum atomic E-state index is 13.2. The van der Waals surface area contributed by atoms with Crippen LogP contribution < -0.4 is 20.3 Å². The Kier molecular flexibility index (Phi) is 11.0. The Bertz CT molecular complexity index is 1550. The first kappa shape index (κ1) is 35.2. The van der Waals surface area contributed by atoms with Crippen molar-refractivity contribution in [1.29, 1.82) is 0 Å². The summed E-state index contributed by atoms with van der Waals surface area (Å²) in [5.74, 6) is 0.0240. The van der Waals surface area contributed by atoms with Gasteiger partial charge in [0.2, 0.25) is 5.88 Å². The average Bonchev–Trinajstić information content (AvgIpc) is 3.02. The smallest absolute Gasteiger partial charge is 0.444 e. The number of aromatic nitrogens is 2. The number of alkyl carbamates (subject to hydrolysis) is 1. The van der Waals surface area contributed by atoms with Crippen LogP contribution in [0.2, 0.25) is 5.02 Å². The average molecular weight is 689 g/mol. The molecule has 2 aliphatic rings. The number of ether oxygens (including phenoxy) is 2. The van der Waals surface area contributed by atoms with E-state index in [-0.39, 0.29) is 34.7 Å². The second kappa shape index (κ2) is 15.0. The Morgan fingerprint density at radius 1 is 0.896 bits per heavy atom. The quantitative estimate of drug-likeness (QED) is 0.273. The number of hydrogen-bond donors (Lipinski definition) is 2. The molecule has 2 fully saturated rings. The number of amides is 2. The lowest BCUT2D eigenvalue weighted by molar-refractivity contribution is -0.276. The van der Waals surface area contributed by atoms with Gasteiger partial charge in [-0.25, -0.2) is 14.8 Å². The highest BCUT2D eigenvalue weighted by atomic mass is 35.5. The number of anilines is 1. The Morgan fingerprint density at radius 2 is 1.58 bits per heavy atom. The van der Waals surface area contributed by atoms with Crippen molar-refractivity contribution < 1.29 is 32.2 Å². The Hall–Kier alpha value is -4.10. The SMILES string of the molecule is CC(C)(C)OC(=O)NC1CCN(c2ccc(CN3CCC(NC(=O)c4cccc(-c5ccc(OC(F)(F)F)nc5)c4Cl)CC3)cn2)CC1. The normalized spacial score (nSPS) is 16.8. The molecule has 2 aliphatic heterocycles. The first-order valence-electron chi connectivity index (χ1n) is 16.0. The largest absolute Gasteiger partial charge is 0.574 e. The van der Waals surface area contributed by atoms with Crippen LogP contribution in [0.15, 0.2) is 54.9 Å². The number of halogens is 4. The van der Waals surface area contributed by atoms with Gasteiger partial charge in [-0.15, -0.1) is 13.2 Å². The number of likely N-dealkylation sites (tertiary alicyclic amines) is 1. The van der Waals surface area contributed by atoms with Crippen molar-refractivity contribution in [2.24, 2.45) is 0 Å². The molecule has 0 aliphatic carbocycles. The number of nitrogens with zero attached hydrogens (tertiary/aromatic N) is 4. The van der Waals surface area contributed by atoms with Crippen LogP contribution in [0.4, 0.5) is 23.8 Å². The number of pyridine rings is 2. The molecule has 0 radical (unpaired) electrons. The van der Waals surface area contributed by atoms with E-state index >= 15 is 0 Å². The number of carbonyl (C=O) groups is 2. The van der Waals surface area contributed by atoms with Crippen molar-refractivity contribution in [3.05, 3.63) is 71.0 Å². The highest BCUT2D eigenvalue weighted by Gasteiger charge is 2.32. The highest BCUT2D eigenvalue weighted by Crippen LogP contribution is 2.32. The highest BCUT2D eigenvalue weighted by molar-refractivity contribution is 6.36. The minimum absolute atomic E-state index is 0.0258. The number of hydrogen-bond acceptors (Lipinski definition) is 8. The summed E-state index contributed by atoms with van der Waals surface area (Å²) in [6.07, 6.45) is 1.10. The lowest BCUT2D eigenvalue weighted by atomic mass is 10.0. The third-order valence-electron chi connectivity index (χ3n) is 8.19. The van der Waals surface area contributed by atoms with Crippen molar-refractivity contribution >= 4 is 29.4 Å². The zero-order valence-corrected chi connectivity index (χ0v) is 27.9. The van der Waals surface area contributed by atoms with Crippen LogP contribution in [0.5, 0.6) is 5.88 Å². The molecule has 0 unspecified atom stereocenters. The zero-order chi connectivity index (χ0) is 34.5. The van der Waals surface area contributed by atoms with Gasteiger partial charge in [-0.2, -0.15) is 0 Å². The van der Waals surface area contributed by atoms with E-state index < -0.39 is 17.8 Å². The first-order chi connectivity index (χ1) is 22.7. The molecule has 10 nitrogen and oxygen atoms in total. The predicted molar refractivity (Wildman–Crippen MR) is 176 cm³/mol. The fourth-order valence-electron chi connectivity index (χ4n) is 5.83. The van der Waals surface area contributed by atoms with Gasteiger partial charge in [0.25, 0.3) is 5.91 Å². The van der Waals surface area contributed by atoms with Gasteiger partial charge in [0.1, 0.15) is 11.4 Å². The van der Waals surface area contributed by atoms with Gasteiger partial charge in [-0.05, 0) is 70.2 Å². The first-order valence-corrected chi connectivity index (χ1v) is 16.3. The Balaban J connectivity index is 1.07. The number of alkyl halides is 3. The lowest BCUT2D eigenvalue weighted by Gasteiger charge is -2.34. The van der Waals surface area contributed by atoms with Crippen molar-refractivity contribution in [1.82, 2.24) is 25.5 Å². The third kappa shape index (κ3) is 9.96. The minimum Gasteiger partial charge on any atom is -0.444 e. The molecule has 258 valence electrons. The molecule has 0 saturated carbocycles. The van der Waals surface area contributed by atoms with Gasteiger partial charge < -0.3 is 25.0 Å². The maximum Gasteiger partial charge on any atom is 0.574 e. The molecule has 1 aromatic carbocycles. The molecular formula is C34H40ClF3N6O4. The number of nitrogens with one attached hydrogen (secondary N) is 2. The second-order valence-electron chi connectivity index (χ2n) is 13.1. The summed E-state index contributed by atoms with van der Waals surface area (Å²) in [5, 5.41) is 6.24. The summed E-state index contributed by atoms with van der Waals surface area (Å²) in [6.45, 7) is 9.51. The van der Waals surface area contributed by atoms with E-state index in [9.17, 15) is 22.8 Å². The topological polar surface area (TPSA) is 109 Å². The molecule has 2 N–H and O–H groups in total. The Morgan fingerprint density at radius 3 is 2.19 bits per heavy atom. The molecule has 5 rings (SSSR count). The van der Waals surface area contributed by atoms with Gasteiger partial charge in [-0.3, -0.25) is 9.69 Å². The summed E-state index contributed by atoms with van der Waals surface area (Å²) in [7, 11) is 0. The molecule has 4 heterocycles. The van der Waals surface area contributed by atoms with Crippen LogP contribution in [0.1, 0.15) is 62.4 Å². The molecule has 48 heavy (non-hydrogen) atoms. The Labute approximate surface area is 283 Å². The van der Waals surface area contributed by atoms with Gasteiger partial charge in [0.05, 0.1) is 10.6 Å². The molecule has 14 heteroatoms. The molecule has 0 atom stereocenters. The number of piperidine rings is 2. The van der Waals surface area contributed by atoms with Crippen LogP contribution in [-0.4, -0.2) is 77.1 Å². The van der Waals surface area contributed by atoms with E-state index in [0.29, 0.717) is 11.1 Å². The number of carbonyl (C=O) groups excluding carboxylic acids is 2. The van der Waals surface area contributed by atoms with Crippen molar-refractivity contribution in [2.75, 3.05) is 31.1 Å². The molecule has 2 saturated heterocycles. The molecule has 0 spiro atoms. The third-order valence-corrected chi connectivity index (χ3v) is 8.60. The van der Waals surface area contributed by atoms with Crippen LogP contribution in [0.25, 0.3) is 11.1 Å². The van der Waals surface area contributed by atoms with Crippen LogP contribution in [0, 0.1) is 0 Å². The number of benzene rings is 1. The van der Waals surface area contributed by atoms with Gasteiger partial charge in [0, 0.05) is 74.4 Å². The number of rotatable bonds is 8. The van der Waals surface area contributed by atoms with E-state index in [4.69, 9.17) is 21.3 Å². The molecule has 3 aromatic rings. The maximum absolute atomic E-state index is 13.2. The van der Waals surface area contributed by atoms with Crippen molar-refractivity contribution in [3.63, 3.8) is 0 Å². The van der Waals surface area contributed by atoms with Crippen LogP contribution in [-0.2, 0) is 11.3 Å². The molecule has 2 amide bonds. The standard InChI is InChI=1S/C34H40ClF3N6O4/c1-33(2,3)48-32(46)42-25-13-17-44(18-14-25)28-9-7-22(19-39-28)21-43-15-11-24(12-16-43)41-31(45)27-6-4-5-26(30(27)35)23-8-10-29(40-20-23)47-34(36,37)38/h4-10,19-20,24-25H,11-18,21H2,1-3H3,(H,41,45)(H,42,46). The summed E-state index contributed by atoms with van der Waals surface area (Å²) in [4.78, 5) is 38.2. The van der Waals surface area contributed by atoms with Gasteiger partial charge in [0.15, 0.2) is 0 Å². The summed E-state index contributed by atoms with van der Waals surface area (Å²) in [6, 6.07) is 11.7. The van der Waals surface area contributed by atoms with Crippen molar-refractivity contribution in [3.8, 4) is 17.0 Å². The molecular weight excluding hydrogens is 649 g/mol.